The molecule has 188 valence electrons. The van der Waals surface area contributed by atoms with Crippen LogP contribution < -0.4 is 14.2 Å². The third-order valence-corrected chi connectivity index (χ3v) is 7.07. The number of benzene rings is 2. The standard InChI is InChI=1S/C27H34ClN3O4/c1-20-15-23(16-21(2)26(20)28)35-19-27(32)7-11-30(12-8-27)18-22-5-6-24(25(17-22)33-3)34-14-13-31-10-4-9-29-31/h4-6,9-10,15-17,32H,7-8,11-14,18-19H2,1-3H3. The lowest BCUT2D eigenvalue weighted by Crippen LogP contribution is -2.47. The number of methoxy groups -OCH3 is 1. The van der Waals surface area contributed by atoms with Crippen LogP contribution in [0.15, 0.2) is 48.8 Å². The van der Waals surface area contributed by atoms with Crippen molar-refractivity contribution in [2.24, 2.45) is 0 Å². The van der Waals surface area contributed by atoms with Gasteiger partial charge in [0, 0.05) is 37.1 Å². The maximum Gasteiger partial charge on any atom is 0.161 e. The molecule has 2 heterocycles. The fraction of sp³-hybridized carbons (Fsp3) is 0.444. The molecular weight excluding hydrogens is 466 g/mol. The average Bonchev–Trinajstić information content (AvgIpc) is 3.37. The van der Waals surface area contributed by atoms with E-state index in [-0.39, 0.29) is 6.61 Å². The van der Waals surface area contributed by atoms with Crippen molar-refractivity contribution in [2.45, 2.75) is 45.4 Å². The molecule has 0 amide bonds. The first kappa shape index (κ1) is 25.4. The molecule has 1 saturated heterocycles. The summed E-state index contributed by atoms with van der Waals surface area (Å²) in [5, 5.41) is 16.0. The SMILES string of the molecule is COc1cc(CN2CCC(O)(COc3cc(C)c(Cl)c(C)c3)CC2)ccc1OCCn1cccn1. The first-order chi connectivity index (χ1) is 16.8. The number of ether oxygens (including phenoxy) is 3. The van der Waals surface area contributed by atoms with Crippen LogP contribution in [0.5, 0.6) is 17.2 Å². The van der Waals surface area contributed by atoms with Gasteiger partial charge < -0.3 is 19.3 Å². The summed E-state index contributed by atoms with van der Waals surface area (Å²) < 4.78 is 19.3. The monoisotopic (exact) mass is 499 g/mol. The smallest absolute Gasteiger partial charge is 0.161 e. The van der Waals surface area contributed by atoms with Gasteiger partial charge in [-0.2, -0.15) is 5.10 Å². The van der Waals surface area contributed by atoms with Crippen LogP contribution in [-0.2, 0) is 13.1 Å². The zero-order valence-corrected chi connectivity index (χ0v) is 21.4. The first-order valence-corrected chi connectivity index (χ1v) is 12.3. The van der Waals surface area contributed by atoms with Crippen molar-refractivity contribution in [1.29, 1.82) is 0 Å². The molecule has 1 aliphatic rings. The Morgan fingerprint density at radius 2 is 1.80 bits per heavy atom. The van der Waals surface area contributed by atoms with Gasteiger partial charge in [0.1, 0.15) is 24.6 Å². The highest BCUT2D eigenvalue weighted by atomic mass is 35.5. The molecule has 1 aromatic heterocycles. The summed E-state index contributed by atoms with van der Waals surface area (Å²) in [7, 11) is 1.66. The molecule has 1 fully saturated rings. The van der Waals surface area contributed by atoms with Crippen LogP contribution in [0.1, 0.15) is 29.5 Å². The number of nitrogens with zero attached hydrogens (tertiary/aromatic N) is 3. The van der Waals surface area contributed by atoms with Crippen molar-refractivity contribution < 1.29 is 19.3 Å². The van der Waals surface area contributed by atoms with Gasteiger partial charge in [-0.05, 0) is 73.7 Å². The highest BCUT2D eigenvalue weighted by molar-refractivity contribution is 6.32. The third kappa shape index (κ3) is 6.69. The largest absolute Gasteiger partial charge is 0.493 e. The van der Waals surface area contributed by atoms with Gasteiger partial charge in [-0.15, -0.1) is 0 Å². The van der Waals surface area contributed by atoms with Crippen molar-refractivity contribution in [2.75, 3.05) is 33.4 Å². The number of aromatic nitrogens is 2. The molecule has 0 bridgehead atoms. The van der Waals surface area contributed by atoms with Gasteiger partial charge in [0.05, 0.1) is 13.7 Å². The van der Waals surface area contributed by atoms with Crippen LogP contribution in [0.25, 0.3) is 0 Å². The second-order valence-electron chi connectivity index (χ2n) is 9.26. The molecule has 0 saturated carbocycles. The van der Waals surface area contributed by atoms with E-state index >= 15 is 0 Å². The van der Waals surface area contributed by atoms with Gasteiger partial charge in [0.2, 0.25) is 0 Å². The summed E-state index contributed by atoms with van der Waals surface area (Å²) in [4.78, 5) is 2.35. The Morgan fingerprint density at radius 1 is 1.06 bits per heavy atom. The first-order valence-electron chi connectivity index (χ1n) is 12.0. The predicted molar refractivity (Wildman–Crippen MR) is 137 cm³/mol. The van der Waals surface area contributed by atoms with Gasteiger partial charge in [0.15, 0.2) is 11.5 Å². The maximum atomic E-state index is 11.1. The lowest BCUT2D eigenvalue weighted by Gasteiger charge is -2.38. The van der Waals surface area contributed by atoms with Crippen LogP contribution in [0.3, 0.4) is 0 Å². The van der Waals surface area contributed by atoms with E-state index in [9.17, 15) is 5.11 Å². The van der Waals surface area contributed by atoms with Gasteiger partial charge in [-0.25, -0.2) is 0 Å². The molecule has 0 atom stereocenters. The number of likely N-dealkylation sites (tertiary alicyclic amines) is 1. The Kier molecular flexibility index (Phi) is 8.21. The number of halogens is 1. The zero-order valence-electron chi connectivity index (χ0n) is 20.7. The molecule has 0 aliphatic carbocycles. The summed E-state index contributed by atoms with van der Waals surface area (Å²) in [6, 6.07) is 11.8. The Balaban J connectivity index is 1.27. The molecular formula is C27H34ClN3O4. The molecule has 8 heteroatoms. The summed E-state index contributed by atoms with van der Waals surface area (Å²) in [6.45, 7) is 7.77. The van der Waals surface area contributed by atoms with Crippen molar-refractivity contribution >= 4 is 11.6 Å². The number of hydrogen-bond acceptors (Lipinski definition) is 6. The highest BCUT2D eigenvalue weighted by Crippen LogP contribution is 2.31. The number of aliphatic hydroxyl groups is 1. The molecule has 2 aromatic carbocycles. The lowest BCUT2D eigenvalue weighted by molar-refractivity contribution is -0.0537. The fourth-order valence-electron chi connectivity index (χ4n) is 4.35. The van der Waals surface area contributed by atoms with Crippen molar-refractivity contribution in [3.8, 4) is 17.2 Å². The van der Waals surface area contributed by atoms with E-state index in [1.165, 1.54) is 0 Å². The Bertz CT molecular complexity index is 1090. The van der Waals surface area contributed by atoms with E-state index < -0.39 is 5.60 Å². The summed E-state index contributed by atoms with van der Waals surface area (Å²) in [5.74, 6) is 2.19. The van der Waals surface area contributed by atoms with Gasteiger partial charge in [-0.1, -0.05) is 17.7 Å². The molecule has 35 heavy (non-hydrogen) atoms. The molecule has 0 spiro atoms. The van der Waals surface area contributed by atoms with Gasteiger partial charge in [-0.3, -0.25) is 9.58 Å². The van der Waals surface area contributed by atoms with Gasteiger partial charge in [0.25, 0.3) is 0 Å². The number of hydrogen-bond donors (Lipinski definition) is 1. The number of piperidine rings is 1. The second-order valence-corrected chi connectivity index (χ2v) is 9.64. The minimum Gasteiger partial charge on any atom is -0.493 e. The lowest BCUT2D eigenvalue weighted by atomic mass is 9.92. The van der Waals surface area contributed by atoms with Crippen molar-refractivity contribution in [3.63, 3.8) is 0 Å². The third-order valence-electron chi connectivity index (χ3n) is 6.48. The number of rotatable bonds is 10. The highest BCUT2D eigenvalue weighted by Gasteiger charge is 2.33. The Morgan fingerprint density at radius 3 is 2.46 bits per heavy atom. The topological polar surface area (TPSA) is 69.0 Å². The zero-order chi connectivity index (χ0) is 24.8. The van der Waals surface area contributed by atoms with Crippen molar-refractivity contribution in [3.05, 3.63) is 70.5 Å². The van der Waals surface area contributed by atoms with Crippen LogP contribution in [0.2, 0.25) is 5.02 Å². The molecule has 0 radical (unpaired) electrons. The molecule has 4 rings (SSSR count). The number of aryl methyl sites for hydroxylation is 2. The minimum atomic E-state index is -0.831. The van der Waals surface area contributed by atoms with E-state index in [1.807, 2.05) is 55.1 Å². The quantitative estimate of drug-likeness (QED) is 0.438. The Hall–Kier alpha value is -2.74. The van der Waals surface area contributed by atoms with Crippen LogP contribution in [0.4, 0.5) is 0 Å². The molecule has 1 aliphatic heterocycles. The molecule has 0 unspecified atom stereocenters. The van der Waals surface area contributed by atoms with E-state index in [1.54, 1.807) is 13.3 Å². The molecule has 7 nitrogen and oxygen atoms in total. The normalized spacial score (nSPS) is 15.7. The summed E-state index contributed by atoms with van der Waals surface area (Å²) in [5.41, 5.74) is 2.28. The van der Waals surface area contributed by atoms with E-state index in [0.717, 1.165) is 58.6 Å². The summed E-state index contributed by atoms with van der Waals surface area (Å²) in [6.07, 6.45) is 4.98. The summed E-state index contributed by atoms with van der Waals surface area (Å²) >= 11 is 6.25. The van der Waals surface area contributed by atoms with Crippen LogP contribution >= 0.6 is 11.6 Å². The Labute approximate surface area is 212 Å². The van der Waals surface area contributed by atoms with E-state index in [0.29, 0.717) is 26.0 Å². The van der Waals surface area contributed by atoms with Crippen LogP contribution in [-0.4, -0.2) is 58.8 Å². The predicted octanol–water partition coefficient (Wildman–Crippen LogP) is 4.65. The van der Waals surface area contributed by atoms with Gasteiger partial charge >= 0.3 is 0 Å². The molecule has 1 N–H and O–H groups in total. The minimum absolute atomic E-state index is 0.278. The van der Waals surface area contributed by atoms with E-state index in [2.05, 4.69) is 16.1 Å². The fourth-order valence-corrected chi connectivity index (χ4v) is 4.46. The second kappa shape index (κ2) is 11.3. The van der Waals surface area contributed by atoms with Crippen molar-refractivity contribution in [1.82, 2.24) is 14.7 Å². The van der Waals surface area contributed by atoms with E-state index in [4.69, 9.17) is 25.8 Å². The average molecular weight is 500 g/mol. The van der Waals surface area contributed by atoms with Crippen LogP contribution in [0, 0.1) is 13.8 Å². The molecule has 3 aromatic rings. The maximum absolute atomic E-state index is 11.1.